The molecule has 0 fully saturated rings. The van der Waals surface area contributed by atoms with E-state index in [4.69, 9.17) is 11.6 Å². The fraction of sp³-hybridized carbons (Fsp3) is 0.250. The first-order valence-electron chi connectivity index (χ1n) is 6.87. The van der Waals surface area contributed by atoms with Gasteiger partial charge in [0.15, 0.2) is 0 Å². The van der Waals surface area contributed by atoms with Crippen molar-refractivity contribution in [3.05, 3.63) is 53.3 Å². The summed E-state index contributed by atoms with van der Waals surface area (Å²) in [5.74, 6) is -0.233. The molecule has 0 radical (unpaired) electrons. The van der Waals surface area contributed by atoms with Crippen LogP contribution in [-0.4, -0.2) is 16.9 Å². The average molecular weight is 304 g/mol. The third-order valence-electron chi connectivity index (χ3n) is 3.15. The Morgan fingerprint density at radius 1 is 1.33 bits per heavy atom. The van der Waals surface area contributed by atoms with E-state index in [1.54, 1.807) is 24.4 Å². The Morgan fingerprint density at radius 3 is 2.81 bits per heavy atom. The molecular weight excluding hydrogens is 286 g/mol. The van der Waals surface area contributed by atoms with Crippen LogP contribution in [0, 0.1) is 0 Å². The summed E-state index contributed by atoms with van der Waals surface area (Å²) in [7, 11) is 0. The quantitative estimate of drug-likeness (QED) is 0.870. The Bertz CT molecular complexity index is 630. The molecule has 110 valence electrons. The molecule has 1 amide bonds. The normalized spacial score (nSPS) is 11.8. The zero-order valence-electron chi connectivity index (χ0n) is 12.1. The monoisotopic (exact) mass is 303 g/mol. The fourth-order valence-corrected chi connectivity index (χ4v) is 1.97. The highest BCUT2D eigenvalue weighted by Crippen LogP contribution is 2.21. The first kappa shape index (κ1) is 15.3. The molecule has 1 aromatic carbocycles. The second kappa shape index (κ2) is 7.09. The second-order valence-electron chi connectivity index (χ2n) is 4.85. The fourth-order valence-electron chi connectivity index (χ4n) is 1.79. The number of aromatic nitrogens is 1. The molecule has 21 heavy (non-hydrogen) atoms. The molecule has 1 aromatic heterocycles. The van der Waals surface area contributed by atoms with Crippen molar-refractivity contribution in [2.24, 2.45) is 0 Å². The molecule has 0 bridgehead atoms. The zero-order valence-corrected chi connectivity index (χ0v) is 12.8. The molecule has 4 nitrogen and oxygen atoms in total. The summed E-state index contributed by atoms with van der Waals surface area (Å²) in [6, 6.07) is 9.24. The van der Waals surface area contributed by atoms with Crippen molar-refractivity contribution in [3.8, 4) is 0 Å². The van der Waals surface area contributed by atoms with Crippen molar-refractivity contribution < 1.29 is 4.79 Å². The molecule has 2 N–H and O–H groups in total. The van der Waals surface area contributed by atoms with E-state index in [9.17, 15) is 4.79 Å². The van der Waals surface area contributed by atoms with E-state index in [2.05, 4.69) is 29.5 Å². The van der Waals surface area contributed by atoms with Gasteiger partial charge in [-0.15, -0.1) is 0 Å². The Hall–Kier alpha value is -2.07. The number of carbonyl (C=O) groups excluding carboxylic acids is 1. The number of nitrogens with zero attached hydrogens (tertiary/aromatic N) is 1. The van der Waals surface area contributed by atoms with Crippen molar-refractivity contribution in [2.45, 2.75) is 26.3 Å². The number of halogens is 1. The second-order valence-corrected chi connectivity index (χ2v) is 5.26. The van der Waals surface area contributed by atoms with Gasteiger partial charge in [-0.3, -0.25) is 9.78 Å². The minimum Gasteiger partial charge on any atom is -0.381 e. The Kier molecular flexibility index (Phi) is 5.17. The summed E-state index contributed by atoms with van der Waals surface area (Å²) in [6.45, 7) is 4.18. The van der Waals surface area contributed by atoms with Crippen LogP contribution in [0.1, 0.15) is 30.6 Å². The first-order chi connectivity index (χ1) is 10.1. The number of benzene rings is 1. The SMILES string of the molecule is CCC(C)Nc1cncc(C(=O)Nc2ccccc2Cl)c1. The largest absolute Gasteiger partial charge is 0.381 e. The van der Waals surface area contributed by atoms with E-state index in [1.807, 2.05) is 12.1 Å². The molecule has 1 atom stereocenters. The van der Waals surface area contributed by atoms with Crippen LogP contribution in [0.15, 0.2) is 42.7 Å². The standard InChI is InChI=1S/C16H18ClN3O/c1-3-11(2)19-13-8-12(9-18-10-13)16(21)20-15-7-5-4-6-14(15)17/h4-11,19H,3H2,1-2H3,(H,20,21). The summed E-state index contributed by atoms with van der Waals surface area (Å²) >= 11 is 6.03. The average Bonchev–Trinajstić information content (AvgIpc) is 2.49. The summed E-state index contributed by atoms with van der Waals surface area (Å²) in [6.07, 6.45) is 4.24. The highest BCUT2D eigenvalue weighted by atomic mass is 35.5. The maximum atomic E-state index is 12.2. The minimum atomic E-state index is -0.233. The third kappa shape index (κ3) is 4.20. The van der Waals surface area contributed by atoms with E-state index in [0.29, 0.717) is 22.3 Å². The van der Waals surface area contributed by atoms with Gasteiger partial charge in [0.05, 0.1) is 22.0 Å². The third-order valence-corrected chi connectivity index (χ3v) is 3.48. The molecule has 2 aromatic rings. The van der Waals surface area contributed by atoms with Gasteiger partial charge in [-0.25, -0.2) is 0 Å². The lowest BCUT2D eigenvalue weighted by atomic mass is 10.2. The number of pyridine rings is 1. The number of carbonyl (C=O) groups is 1. The van der Waals surface area contributed by atoms with E-state index < -0.39 is 0 Å². The lowest BCUT2D eigenvalue weighted by molar-refractivity contribution is 0.102. The lowest BCUT2D eigenvalue weighted by Crippen LogP contribution is -2.16. The number of hydrogen-bond acceptors (Lipinski definition) is 3. The molecule has 5 heteroatoms. The van der Waals surface area contributed by atoms with Gasteiger partial charge in [-0.2, -0.15) is 0 Å². The Morgan fingerprint density at radius 2 is 2.10 bits per heavy atom. The van der Waals surface area contributed by atoms with Crippen LogP contribution in [-0.2, 0) is 0 Å². The van der Waals surface area contributed by atoms with Crippen LogP contribution >= 0.6 is 11.6 Å². The van der Waals surface area contributed by atoms with Crippen molar-refractivity contribution in [3.63, 3.8) is 0 Å². The number of nitrogens with one attached hydrogen (secondary N) is 2. The number of amides is 1. The minimum absolute atomic E-state index is 0.233. The summed E-state index contributed by atoms with van der Waals surface area (Å²) in [5.41, 5.74) is 1.91. The van der Waals surface area contributed by atoms with Gasteiger partial charge < -0.3 is 10.6 Å². The summed E-state index contributed by atoms with van der Waals surface area (Å²) < 4.78 is 0. The van der Waals surface area contributed by atoms with Gasteiger partial charge in [-0.1, -0.05) is 30.7 Å². The van der Waals surface area contributed by atoms with Gasteiger partial charge >= 0.3 is 0 Å². The predicted molar refractivity (Wildman–Crippen MR) is 87.0 cm³/mol. The maximum Gasteiger partial charge on any atom is 0.257 e. The van der Waals surface area contributed by atoms with Crippen LogP contribution in [0.3, 0.4) is 0 Å². The summed E-state index contributed by atoms with van der Waals surface area (Å²) in [5, 5.41) is 6.58. The van der Waals surface area contributed by atoms with Gasteiger partial charge in [0, 0.05) is 18.4 Å². The highest BCUT2D eigenvalue weighted by molar-refractivity contribution is 6.33. The number of rotatable bonds is 5. The smallest absolute Gasteiger partial charge is 0.257 e. The molecule has 0 aliphatic rings. The van der Waals surface area contributed by atoms with Crippen LogP contribution < -0.4 is 10.6 Å². The number of para-hydroxylation sites is 1. The Labute approximate surface area is 129 Å². The lowest BCUT2D eigenvalue weighted by Gasteiger charge is -2.13. The predicted octanol–water partition coefficient (Wildman–Crippen LogP) is 4.20. The summed E-state index contributed by atoms with van der Waals surface area (Å²) in [4.78, 5) is 16.3. The molecule has 0 saturated carbocycles. The molecule has 0 aliphatic heterocycles. The van der Waals surface area contributed by atoms with Crippen molar-refractivity contribution >= 4 is 28.9 Å². The molecule has 0 aliphatic carbocycles. The molecule has 1 unspecified atom stereocenters. The van der Waals surface area contributed by atoms with Crippen molar-refractivity contribution in [1.82, 2.24) is 4.98 Å². The highest BCUT2D eigenvalue weighted by Gasteiger charge is 2.10. The van der Waals surface area contributed by atoms with Crippen LogP contribution in [0.25, 0.3) is 0 Å². The molecule has 1 heterocycles. The van der Waals surface area contributed by atoms with E-state index in [0.717, 1.165) is 12.1 Å². The molecule has 0 spiro atoms. The van der Waals surface area contributed by atoms with E-state index >= 15 is 0 Å². The van der Waals surface area contributed by atoms with Gasteiger partial charge in [0.25, 0.3) is 5.91 Å². The zero-order chi connectivity index (χ0) is 15.2. The number of hydrogen-bond donors (Lipinski definition) is 2. The molecular formula is C16H18ClN3O. The first-order valence-corrected chi connectivity index (χ1v) is 7.25. The van der Waals surface area contributed by atoms with Crippen LogP contribution in [0.2, 0.25) is 5.02 Å². The van der Waals surface area contributed by atoms with Crippen LogP contribution in [0.5, 0.6) is 0 Å². The van der Waals surface area contributed by atoms with Crippen LogP contribution in [0.4, 0.5) is 11.4 Å². The topological polar surface area (TPSA) is 54.0 Å². The van der Waals surface area contributed by atoms with Gasteiger partial charge in [0.2, 0.25) is 0 Å². The van der Waals surface area contributed by atoms with Crippen molar-refractivity contribution in [2.75, 3.05) is 10.6 Å². The number of anilines is 2. The van der Waals surface area contributed by atoms with E-state index in [1.165, 1.54) is 6.20 Å². The Balaban J connectivity index is 2.12. The van der Waals surface area contributed by atoms with Gasteiger partial charge in [0.1, 0.15) is 0 Å². The molecule has 0 saturated heterocycles. The van der Waals surface area contributed by atoms with Gasteiger partial charge in [-0.05, 0) is 31.5 Å². The maximum absolute atomic E-state index is 12.2. The molecule has 2 rings (SSSR count). The van der Waals surface area contributed by atoms with Crippen molar-refractivity contribution in [1.29, 1.82) is 0 Å². The van der Waals surface area contributed by atoms with E-state index in [-0.39, 0.29) is 5.91 Å².